The van der Waals surface area contributed by atoms with Crippen molar-refractivity contribution in [3.8, 4) is 0 Å². The number of nitrogens with zero attached hydrogens (tertiary/aromatic N) is 1. The van der Waals surface area contributed by atoms with E-state index in [9.17, 15) is 14.3 Å². The standard InChI is InChI=1S/C50H84NO7P/c1-6-8-10-12-14-16-18-20-22-23-24-25-26-27-28-30-32-34-36-38-40-42-45-55-47-49(48-57-59(53,54)56-46-44-51(3,4)5)58-50(52)43-41-39-37-35-33-31-29-21-19-17-15-13-11-9-7-2/h8-11,14-17,20-22,24-25,27-29,32,34,49H,6-7,12-13,18-19,23,26,30-31,33,35-48H2,1-5H3/b10-8-,11-9-,16-14-,17-15-,22-20-,25-24-,28-27-,29-21-,34-32-. The van der Waals surface area contributed by atoms with Gasteiger partial charge in [-0.05, 0) is 96.3 Å². The smallest absolute Gasteiger partial charge is 0.306 e. The molecule has 0 amide bonds. The van der Waals surface area contributed by atoms with Gasteiger partial charge in [0.1, 0.15) is 19.3 Å². The molecule has 2 atom stereocenters. The zero-order chi connectivity index (χ0) is 43.4. The Morgan fingerprint density at radius 3 is 1.39 bits per heavy atom. The lowest BCUT2D eigenvalue weighted by Crippen LogP contribution is -2.37. The Morgan fingerprint density at radius 2 is 0.932 bits per heavy atom. The molecule has 0 N–H and O–H groups in total. The Kier molecular flexibility index (Phi) is 39.9. The van der Waals surface area contributed by atoms with Gasteiger partial charge >= 0.3 is 5.97 Å². The number of hydrogen-bond acceptors (Lipinski definition) is 7. The molecule has 0 spiro atoms. The highest BCUT2D eigenvalue weighted by molar-refractivity contribution is 7.45. The van der Waals surface area contributed by atoms with Crippen LogP contribution in [0.4, 0.5) is 0 Å². The van der Waals surface area contributed by atoms with Crippen molar-refractivity contribution in [3.05, 3.63) is 109 Å². The third-order valence-corrected chi connectivity index (χ3v) is 9.78. The predicted molar refractivity (Wildman–Crippen MR) is 249 cm³/mol. The normalized spacial score (nSPS) is 14.7. The Labute approximate surface area is 361 Å². The molecule has 2 unspecified atom stereocenters. The van der Waals surface area contributed by atoms with Crippen LogP contribution in [0.5, 0.6) is 0 Å². The Bertz CT molecular complexity index is 1300. The highest BCUT2D eigenvalue weighted by Gasteiger charge is 2.20. The molecular formula is C50H84NO7P. The molecule has 0 aliphatic carbocycles. The Morgan fingerprint density at radius 1 is 0.525 bits per heavy atom. The maximum absolute atomic E-state index is 12.7. The lowest BCUT2D eigenvalue weighted by atomic mass is 10.1. The first-order valence-electron chi connectivity index (χ1n) is 22.6. The van der Waals surface area contributed by atoms with Gasteiger partial charge in [0.2, 0.25) is 0 Å². The van der Waals surface area contributed by atoms with Crippen LogP contribution in [0.25, 0.3) is 0 Å². The predicted octanol–water partition coefficient (Wildman–Crippen LogP) is 13.0. The highest BCUT2D eigenvalue weighted by atomic mass is 31.2. The van der Waals surface area contributed by atoms with Crippen LogP contribution in [0.15, 0.2) is 109 Å². The number of phosphoric ester groups is 1. The molecule has 9 heteroatoms. The summed E-state index contributed by atoms with van der Waals surface area (Å²) in [6.45, 7) is 5.03. The summed E-state index contributed by atoms with van der Waals surface area (Å²) < 4.78 is 34.5. The molecule has 0 rings (SSSR count). The largest absolute Gasteiger partial charge is 0.756 e. The van der Waals surface area contributed by atoms with E-state index in [4.69, 9.17) is 18.5 Å². The number of rotatable bonds is 40. The van der Waals surface area contributed by atoms with Crippen LogP contribution in [0.1, 0.15) is 142 Å². The summed E-state index contributed by atoms with van der Waals surface area (Å²) in [5.74, 6) is -0.369. The van der Waals surface area contributed by atoms with Gasteiger partial charge in [0.15, 0.2) is 0 Å². The van der Waals surface area contributed by atoms with Gasteiger partial charge in [0, 0.05) is 13.0 Å². The summed E-state index contributed by atoms with van der Waals surface area (Å²) in [5.41, 5.74) is 0. The molecule has 0 aromatic rings. The molecule has 0 radical (unpaired) electrons. The number of carbonyl (C=O) groups is 1. The first-order chi connectivity index (χ1) is 28.6. The quantitative estimate of drug-likeness (QED) is 0.0199. The SMILES string of the molecule is CC/C=C\C/C=C\C/C=C\C/C=C\C/C=C\C/C=C\CCCCCOCC(COP(=O)([O-])OCC[N+](C)(C)C)OC(=O)CCCCCCC/C=C\C/C=C\C/C=C\CC. The van der Waals surface area contributed by atoms with Crippen molar-refractivity contribution < 1.29 is 37.3 Å². The molecular weight excluding hydrogens is 758 g/mol. The van der Waals surface area contributed by atoms with Crippen molar-refractivity contribution in [1.29, 1.82) is 0 Å². The van der Waals surface area contributed by atoms with Crippen LogP contribution in [0.3, 0.4) is 0 Å². The molecule has 0 bridgehead atoms. The van der Waals surface area contributed by atoms with Crippen molar-refractivity contribution in [3.63, 3.8) is 0 Å². The van der Waals surface area contributed by atoms with Gasteiger partial charge in [0.25, 0.3) is 7.82 Å². The average Bonchev–Trinajstić information content (AvgIpc) is 3.19. The number of esters is 1. The van der Waals surface area contributed by atoms with Gasteiger partial charge < -0.3 is 27.9 Å². The topological polar surface area (TPSA) is 94.1 Å². The number of allylic oxidation sites excluding steroid dienone is 18. The van der Waals surface area contributed by atoms with Crippen molar-refractivity contribution >= 4 is 13.8 Å². The summed E-state index contributed by atoms with van der Waals surface area (Å²) in [6.07, 6.45) is 58.2. The number of phosphoric acid groups is 1. The van der Waals surface area contributed by atoms with E-state index in [1.807, 2.05) is 21.1 Å². The maximum atomic E-state index is 12.7. The van der Waals surface area contributed by atoms with Crippen LogP contribution in [-0.4, -0.2) is 70.7 Å². The van der Waals surface area contributed by atoms with E-state index in [1.165, 1.54) is 0 Å². The lowest BCUT2D eigenvalue weighted by Gasteiger charge is -2.28. The van der Waals surface area contributed by atoms with Gasteiger partial charge in [-0.25, -0.2) is 0 Å². The van der Waals surface area contributed by atoms with Crippen LogP contribution >= 0.6 is 7.82 Å². The van der Waals surface area contributed by atoms with E-state index >= 15 is 0 Å². The van der Waals surface area contributed by atoms with Crippen molar-refractivity contribution in [2.24, 2.45) is 0 Å². The summed E-state index contributed by atoms with van der Waals surface area (Å²) in [5, 5.41) is 0. The van der Waals surface area contributed by atoms with E-state index in [1.54, 1.807) is 0 Å². The molecule has 59 heavy (non-hydrogen) atoms. The number of hydrogen-bond donors (Lipinski definition) is 0. The van der Waals surface area contributed by atoms with Crippen molar-refractivity contribution in [2.75, 3.05) is 54.1 Å². The van der Waals surface area contributed by atoms with Gasteiger partial charge in [-0.3, -0.25) is 9.36 Å². The zero-order valence-corrected chi connectivity index (χ0v) is 38.8. The molecule has 8 nitrogen and oxygen atoms in total. The molecule has 0 fully saturated rings. The minimum atomic E-state index is -4.55. The summed E-state index contributed by atoms with van der Waals surface area (Å²) in [4.78, 5) is 25.1. The van der Waals surface area contributed by atoms with E-state index < -0.39 is 13.9 Å². The lowest BCUT2D eigenvalue weighted by molar-refractivity contribution is -0.870. The summed E-state index contributed by atoms with van der Waals surface area (Å²) in [7, 11) is 1.30. The van der Waals surface area contributed by atoms with Crippen LogP contribution in [0, 0.1) is 0 Å². The molecule has 0 aliphatic rings. The molecule has 0 aromatic heterocycles. The third-order valence-electron chi connectivity index (χ3n) is 8.82. The van der Waals surface area contributed by atoms with Crippen LogP contribution in [0.2, 0.25) is 0 Å². The number of carbonyl (C=O) groups excluding carboxylic acids is 1. The number of likely N-dealkylation sites (N-methyl/N-ethyl adjacent to an activating group) is 1. The van der Waals surface area contributed by atoms with E-state index in [-0.39, 0.29) is 32.2 Å². The molecule has 0 saturated heterocycles. The fourth-order valence-corrected chi connectivity index (χ4v) is 6.11. The monoisotopic (exact) mass is 842 g/mol. The second kappa shape index (κ2) is 41.9. The van der Waals surface area contributed by atoms with E-state index in [2.05, 4.69) is 123 Å². The third kappa shape index (κ3) is 46.1. The summed E-state index contributed by atoms with van der Waals surface area (Å²) >= 11 is 0. The van der Waals surface area contributed by atoms with Gasteiger partial charge in [-0.1, -0.05) is 149 Å². The average molecular weight is 842 g/mol. The van der Waals surface area contributed by atoms with Crippen LogP contribution < -0.4 is 4.89 Å². The highest BCUT2D eigenvalue weighted by Crippen LogP contribution is 2.38. The van der Waals surface area contributed by atoms with Crippen LogP contribution in [-0.2, 0) is 27.9 Å². The van der Waals surface area contributed by atoms with Gasteiger partial charge in [-0.2, -0.15) is 0 Å². The molecule has 0 heterocycles. The van der Waals surface area contributed by atoms with E-state index in [0.29, 0.717) is 17.6 Å². The van der Waals surface area contributed by atoms with Crippen molar-refractivity contribution in [1.82, 2.24) is 0 Å². The van der Waals surface area contributed by atoms with Gasteiger partial charge in [0.05, 0.1) is 34.4 Å². The molecule has 336 valence electrons. The number of quaternary nitrogens is 1. The fraction of sp³-hybridized carbons (Fsp3) is 0.620. The minimum absolute atomic E-state index is 0.00856. The Balaban J connectivity index is 4.34. The zero-order valence-electron chi connectivity index (χ0n) is 37.9. The summed E-state index contributed by atoms with van der Waals surface area (Å²) in [6, 6.07) is 0. The second-order valence-corrected chi connectivity index (χ2v) is 17.1. The maximum Gasteiger partial charge on any atom is 0.306 e. The molecule has 0 saturated carbocycles. The van der Waals surface area contributed by atoms with Gasteiger partial charge in [-0.15, -0.1) is 0 Å². The second-order valence-electron chi connectivity index (χ2n) is 15.6. The first-order valence-corrected chi connectivity index (χ1v) is 24.1. The molecule has 0 aliphatic heterocycles. The Hall–Kier alpha value is -2.84. The number of unbranched alkanes of at least 4 members (excludes halogenated alkanes) is 8. The fourth-order valence-electron chi connectivity index (χ4n) is 5.39. The van der Waals surface area contributed by atoms with Crippen molar-refractivity contribution in [2.45, 2.75) is 148 Å². The van der Waals surface area contributed by atoms with E-state index in [0.717, 1.165) is 122 Å². The molecule has 0 aromatic carbocycles. The number of ether oxygens (including phenoxy) is 2. The minimum Gasteiger partial charge on any atom is -0.756 e. The first kappa shape index (κ1) is 56.2.